The third-order valence-electron chi connectivity index (χ3n) is 2.73. The van der Waals surface area contributed by atoms with Gasteiger partial charge in [-0.2, -0.15) is 0 Å². The lowest BCUT2D eigenvalue weighted by Gasteiger charge is -2.19. The molecule has 0 radical (unpaired) electrons. The molecule has 1 aromatic heterocycles. The molecule has 0 aliphatic carbocycles. The van der Waals surface area contributed by atoms with E-state index in [9.17, 15) is 0 Å². The molecule has 96 valence electrons. The highest BCUT2D eigenvalue weighted by molar-refractivity contribution is 7.07. The van der Waals surface area contributed by atoms with Gasteiger partial charge >= 0.3 is 0 Å². The fourth-order valence-electron chi connectivity index (χ4n) is 1.76. The first kappa shape index (κ1) is 13.3. The van der Waals surface area contributed by atoms with Crippen LogP contribution in [0.25, 0.3) is 0 Å². The van der Waals surface area contributed by atoms with E-state index in [4.69, 9.17) is 11.6 Å². The van der Waals surface area contributed by atoms with Gasteiger partial charge in [0.1, 0.15) is 0 Å². The van der Waals surface area contributed by atoms with Gasteiger partial charge in [-0.1, -0.05) is 17.7 Å². The van der Waals surface area contributed by atoms with Crippen molar-refractivity contribution in [1.82, 2.24) is 10.3 Å². The van der Waals surface area contributed by atoms with Crippen molar-refractivity contribution in [2.75, 3.05) is 19.0 Å². The van der Waals surface area contributed by atoms with Crippen LogP contribution in [0, 0.1) is 0 Å². The number of thiazole rings is 1. The van der Waals surface area contributed by atoms with Crippen LogP contribution in [0.1, 0.15) is 11.3 Å². The molecule has 0 amide bonds. The molecule has 1 N–H and O–H groups in total. The zero-order valence-corrected chi connectivity index (χ0v) is 12.1. The van der Waals surface area contributed by atoms with Gasteiger partial charge in [0, 0.05) is 29.7 Å². The van der Waals surface area contributed by atoms with Gasteiger partial charge in [-0.05, 0) is 24.7 Å². The normalized spacial score (nSPS) is 10.6. The van der Waals surface area contributed by atoms with Crippen LogP contribution in [0.5, 0.6) is 0 Å². The Hall–Kier alpha value is -1.10. The SMILES string of the molecule is CNCc1ccc(N(C)Cc2cscn2)cc1Cl. The number of benzene rings is 1. The minimum Gasteiger partial charge on any atom is -0.369 e. The smallest absolute Gasteiger partial charge is 0.0795 e. The molecule has 0 bridgehead atoms. The molecule has 0 aliphatic rings. The minimum atomic E-state index is 0.787. The highest BCUT2D eigenvalue weighted by atomic mass is 35.5. The van der Waals surface area contributed by atoms with E-state index in [2.05, 4.69) is 32.7 Å². The van der Waals surface area contributed by atoms with Crippen molar-refractivity contribution in [3.8, 4) is 0 Å². The highest BCUT2D eigenvalue weighted by Gasteiger charge is 2.06. The van der Waals surface area contributed by atoms with Gasteiger partial charge in [0.15, 0.2) is 0 Å². The molecule has 0 fully saturated rings. The van der Waals surface area contributed by atoms with E-state index in [-0.39, 0.29) is 0 Å². The van der Waals surface area contributed by atoms with E-state index in [1.54, 1.807) is 11.3 Å². The van der Waals surface area contributed by atoms with E-state index in [1.807, 2.05) is 25.7 Å². The van der Waals surface area contributed by atoms with Crippen LogP contribution in [-0.4, -0.2) is 19.1 Å². The standard InChI is InChI=1S/C13H16ClN3S/c1-15-6-10-3-4-12(5-13(10)14)17(2)7-11-8-18-9-16-11/h3-5,8-9,15H,6-7H2,1-2H3. The van der Waals surface area contributed by atoms with Gasteiger partial charge < -0.3 is 10.2 Å². The largest absolute Gasteiger partial charge is 0.369 e. The molecule has 5 heteroatoms. The Bertz CT molecular complexity index is 499. The van der Waals surface area contributed by atoms with Crippen LogP contribution in [0.4, 0.5) is 5.69 Å². The van der Waals surface area contributed by atoms with Crippen molar-refractivity contribution in [3.63, 3.8) is 0 Å². The first-order valence-electron chi connectivity index (χ1n) is 5.72. The van der Waals surface area contributed by atoms with E-state index in [0.717, 1.165) is 35.1 Å². The van der Waals surface area contributed by atoms with Crippen LogP contribution in [0.15, 0.2) is 29.1 Å². The molecule has 0 unspecified atom stereocenters. The Kier molecular flexibility index (Phi) is 4.58. The lowest BCUT2D eigenvalue weighted by atomic mass is 10.2. The average Bonchev–Trinajstić information content (AvgIpc) is 2.84. The lowest BCUT2D eigenvalue weighted by molar-refractivity contribution is 0.817. The summed E-state index contributed by atoms with van der Waals surface area (Å²) in [5.74, 6) is 0. The van der Waals surface area contributed by atoms with Crippen LogP contribution in [-0.2, 0) is 13.1 Å². The van der Waals surface area contributed by atoms with E-state index in [1.165, 1.54) is 0 Å². The molecule has 0 spiro atoms. The number of nitrogens with one attached hydrogen (secondary N) is 1. The van der Waals surface area contributed by atoms with Crippen LogP contribution < -0.4 is 10.2 Å². The molecule has 18 heavy (non-hydrogen) atoms. The number of rotatable bonds is 5. The van der Waals surface area contributed by atoms with E-state index >= 15 is 0 Å². The summed E-state index contributed by atoms with van der Waals surface area (Å²) in [4.78, 5) is 6.43. The summed E-state index contributed by atoms with van der Waals surface area (Å²) in [5, 5.41) is 5.96. The predicted octanol–water partition coefficient (Wildman–Crippen LogP) is 3.15. The minimum absolute atomic E-state index is 0.787. The van der Waals surface area contributed by atoms with Gasteiger partial charge in [0.25, 0.3) is 0 Å². The average molecular weight is 282 g/mol. The summed E-state index contributed by atoms with van der Waals surface area (Å²) >= 11 is 7.87. The van der Waals surface area contributed by atoms with Crippen molar-refractivity contribution in [2.45, 2.75) is 13.1 Å². The topological polar surface area (TPSA) is 28.2 Å². The Balaban J connectivity index is 2.11. The maximum atomic E-state index is 6.25. The lowest BCUT2D eigenvalue weighted by Crippen LogP contribution is -2.16. The zero-order valence-electron chi connectivity index (χ0n) is 10.5. The van der Waals surface area contributed by atoms with Crippen molar-refractivity contribution >= 4 is 28.6 Å². The summed E-state index contributed by atoms with van der Waals surface area (Å²) in [6.45, 7) is 1.58. The van der Waals surface area contributed by atoms with Crippen LogP contribution >= 0.6 is 22.9 Å². The van der Waals surface area contributed by atoms with Crippen molar-refractivity contribution in [3.05, 3.63) is 45.4 Å². The monoisotopic (exact) mass is 281 g/mol. The molecular formula is C13H16ClN3S. The quantitative estimate of drug-likeness (QED) is 0.912. The second-order valence-electron chi connectivity index (χ2n) is 4.14. The fraction of sp³-hybridized carbons (Fsp3) is 0.308. The molecule has 2 rings (SSSR count). The molecule has 0 atom stereocenters. The molecule has 1 aromatic carbocycles. The molecule has 0 aliphatic heterocycles. The van der Waals surface area contributed by atoms with Gasteiger partial charge in [-0.15, -0.1) is 11.3 Å². The number of hydrogen-bond donors (Lipinski definition) is 1. The van der Waals surface area contributed by atoms with Crippen molar-refractivity contribution < 1.29 is 0 Å². The molecule has 0 saturated carbocycles. The van der Waals surface area contributed by atoms with Crippen LogP contribution in [0.3, 0.4) is 0 Å². The number of halogens is 1. The maximum Gasteiger partial charge on any atom is 0.0795 e. The Morgan fingerprint density at radius 2 is 2.28 bits per heavy atom. The predicted molar refractivity (Wildman–Crippen MR) is 78.4 cm³/mol. The highest BCUT2D eigenvalue weighted by Crippen LogP contribution is 2.24. The number of anilines is 1. The third kappa shape index (κ3) is 3.22. The first-order valence-corrected chi connectivity index (χ1v) is 7.04. The molecule has 2 aromatic rings. The summed E-state index contributed by atoms with van der Waals surface area (Å²) in [6.07, 6.45) is 0. The van der Waals surface area contributed by atoms with E-state index < -0.39 is 0 Å². The molecule has 1 heterocycles. The number of nitrogens with zero attached hydrogens (tertiary/aromatic N) is 2. The second-order valence-corrected chi connectivity index (χ2v) is 5.27. The molecular weight excluding hydrogens is 266 g/mol. The van der Waals surface area contributed by atoms with Crippen molar-refractivity contribution in [2.24, 2.45) is 0 Å². The summed E-state index contributed by atoms with van der Waals surface area (Å²) in [6, 6.07) is 6.15. The van der Waals surface area contributed by atoms with Gasteiger partial charge in [-0.3, -0.25) is 0 Å². The second kappa shape index (κ2) is 6.18. The third-order valence-corrected chi connectivity index (χ3v) is 3.71. The first-order chi connectivity index (χ1) is 8.70. The zero-order chi connectivity index (χ0) is 13.0. The van der Waals surface area contributed by atoms with Gasteiger partial charge in [-0.25, -0.2) is 4.98 Å². The van der Waals surface area contributed by atoms with Gasteiger partial charge in [0.05, 0.1) is 17.7 Å². The Morgan fingerprint density at radius 1 is 1.44 bits per heavy atom. The van der Waals surface area contributed by atoms with Crippen LogP contribution in [0.2, 0.25) is 5.02 Å². The Labute approximate surface area is 116 Å². The number of aromatic nitrogens is 1. The Morgan fingerprint density at radius 3 is 2.89 bits per heavy atom. The molecule has 0 saturated heterocycles. The summed E-state index contributed by atoms with van der Waals surface area (Å²) in [7, 11) is 3.96. The van der Waals surface area contributed by atoms with E-state index in [0.29, 0.717) is 0 Å². The fourth-order valence-corrected chi connectivity index (χ4v) is 2.55. The molecule has 3 nitrogen and oxygen atoms in total. The van der Waals surface area contributed by atoms with Gasteiger partial charge in [0.2, 0.25) is 0 Å². The number of hydrogen-bond acceptors (Lipinski definition) is 4. The van der Waals surface area contributed by atoms with Crippen molar-refractivity contribution in [1.29, 1.82) is 0 Å². The summed E-state index contributed by atoms with van der Waals surface area (Å²) < 4.78 is 0. The maximum absolute atomic E-state index is 6.25. The summed E-state index contributed by atoms with van der Waals surface area (Å²) in [5.41, 5.74) is 5.15.